The Morgan fingerprint density at radius 1 is 0.970 bits per heavy atom. The van der Waals surface area contributed by atoms with Crippen molar-refractivity contribution in [3.63, 3.8) is 0 Å². The third-order valence-electron chi connectivity index (χ3n) is 6.50. The normalized spacial score (nSPS) is 16.5. The number of pyridine rings is 1. The van der Waals surface area contributed by atoms with E-state index in [-0.39, 0.29) is 11.7 Å². The van der Waals surface area contributed by atoms with E-state index < -0.39 is 0 Å². The molecule has 6 nitrogen and oxygen atoms in total. The number of benzene rings is 2. The Labute approximate surface area is 193 Å². The van der Waals surface area contributed by atoms with Crippen molar-refractivity contribution in [2.75, 3.05) is 49.5 Å². The van der Waals surface area contributed by atoms with Gasteiger partial charge in [0, 0.05) is 49.7 Å². The Morgan fingerprint density at radius 2 is 1.79 bits per heavy atom. The fourth-order valence-electron chi connectivity index (χ4n) is 4.67. The topological polar surface area (TPSA) is 57.7 Å². The van der Waals surface area contributed by atoms with Crippen molar-refractivity contribution in [1.82, 2.24) is 9.88 Å². The molecule has 2 aromatic carbocycles. The maximum absolute atomic E-state index is 14.5. The van der Waals surface area contributed by atoms with Gasteiger partial charge in [-0.3, -0.25) is 9.69 Å². The molecule has 7 heteroatoms. The fourth-order valence-corrected chi connectivity index (χ4v) is 4.67. The van der Waals surface area contributed by atoms with Crippen molar-refractivity contribution in [2.45, 2.75) is 25.7 Å². The summed E-state index contributed by atoms with van der Waals surface area (Å²) in [5.74, 6) is 1.05. The molecule has 5 rings (SSSR count). The summed E-state index contributed by atoms with van der Waals surface area (Å²) in [6, 6.07) is 15.1. The van der Waals surface area contributed by atoms with Crippen LogP contribution in [0.5, 0.6) is 5.88 Å². The van der Waals surface area contributed by atoms with Gasteiger partial charge in [-0.15, -0.1) is 0 Å². The molecule has 1 N–H and O–H groups in total. The Kier molecular flexibility index (Phi) is 6.39. The molecule has 1 amide bonds. The van der Waals surface area contributed by atoms with Gasteiger partial charge in [-0.25, -0.2) is 4.39 Å². The van der Waals surface area contributed by atoms with Gasteiger partial charge < -0.3 is 15.0 Å². The van der Waals surface area contributed by atoms with Gasteiger partial charge in [-0.05, 0) is 55.0 Å². The Balaban J connectivity index is 1.06. The minimum Gasteiger partial charge on any atom is -0.478 e. The van der Waals surface area contributed by atoms with Crippen LogP contribution in [0.25, 0.3) is 10.8 Å². The number of piperazine rings is 1. The lowest BCUT2D eigenvalue weighted by Gasteiger charge is -2.36. The number of hydrogen-bond acceptors (Lipinski definition) is 5. The molecular formula is C26H29FN4O2. The van der Waals surface area contributed by atoms with Crippen molar-refractivity contribution in [3.8, 4) is 5.88 Å². The number of ether oxygens (including phenoxy) is 1. The molecule has 1 saturated heterocycles. The summed E-state index contributed by atoms with van der Waals surface area (Å²) in [6.07, 6.45) is 3.24. The second kappa shape index (κ2) is 9.75. The van der Waals surface area contributed by atoms with Crippen molar-refractivity contribution < 1.29 is 13.9 Å². The predicted octanol–water partition coefficient (Wildman–Crippen LogP) is 4.24. The molecule has 2 aliphatic rings. The van der Waals surface area contributed by atoms with Crippen LogP contribution in [0.4, 0.5) is 15.9 Å². The van der Waals surface area contributed by atoms with Crippen molar-refractivity contribution in [2.24, 2.45) is 0 Å². The molecular weight excluding hydrogens is 419 g/mol. The molecule has 3 aromatic rings. The number of amides is 1. The predicted molar refractivity (Wildman–Crippen MR) is 128 cm³/mol. The van der Waals surface area contributed by atoms with E-state index in [1.165, 1.54) is 0 Å². The van der Waals surface area contributed by atoms with E-state index in [2.05, 4.69) is 20.1 Å². The molecule has 0 spiro atoms. The molecule has 0 aliphatic carbocycles. The van der Waals surface area contributed by atoms with E-state index in [0.717, 1.165) is 74.0 Å². The lowest BCUT2D eigenvalue weighted by molar-refractivity contribution is -0.116. The second-order valence-electron chi connectivity index (χ2n) is 8.70. The number of rotatable bonds is 7. The summed E-state index contributed by atoms with van der Waals surface area (Å²) in [4.78, 5) is 20.7. The lowest BCUT2D eigenvalue weighted by atomic mass is 10.1. The summed E-state index contributed by atoms with van der Waals surface area (Å²) in [5, 5.41) is 4.48. The number of unbranched alkanes of at least 4 members (excludes halogenated alkanes) is 1. The molecule has 0 saturated carbocycles. The smallest absolute Gasteiger partial charge is 0.225 e. The van der Waals surface area contributed by atoms with E-state index in [1.807, 2.05) is 36.4 Å². The number of nitrogens with zero attached hydrogens (tertiary/aromatic N) is 3. The molecule has 172 valence electrons. The van der Waals surface area contributed by atoms with Crippen molar-refractivity contribution in [1.29, 1.82) is 0 Å². The van der Waals surface area contributed by atoms with E-state index in [4.69, 9.17) is 4.74 Å². The summed E-state index contributed by atoms with van der Waals surface area (Å²) < 4.78 is 20.3. The number of carbonyl (C=O) groups excluding carboxylic acids is 1. The summed E-state index contributed by atoms with van der Waals surface area (Å²) >= 11 is 0. The number of aryl methyl sites for hydroxylation is 1. The zero-order valence-electron chi connectivity index (χ0n) is 18.7. The first-order valence-electron chi connectivity index (χ1n) is 11.7. The van der Waals surface area contributed by atoms with Crippen LogP contribution in [0.3, 0.4) is 0 Å². The molecule has 1 aromatic heterocycles. The van der Waals surface area contributed by atoms with Crippen molar-refractivity contribution in [3.05, 3.63) is 59.9 Å². The number of halogens is 1. The third kappa shape index (κ3) is 4.93. The number of hydrogen-bond donors (Lipinski definition) is 1. The largest absolute Gasteiger partial charge is 0.478 e. The maximum Gasteiger partial charge on any atom is 0.225 e. The minimum absolute atomic E-state index is 0.0119. The van der Waals surface area contributed by atoms with Crippen LogP contribution in [-0.2, 0) is 11.2 Å². The van der Waals surface area contributed by atoms with E-state index >= 15 is 0 Å². The molecule has 3 heterocycles. The molecule has 2 aliphatic heterocycles. The average Bonchev–Trinajstić information content (AvgIpc) is 2.84. The molecule has 1 fully saturated rings. The van der Waals surface area contributed by atoms with Crippen LogP contribution in [0, 0.1) is 5.82 Å². The molecule has 0 unspecified atom stereocenters. The summed E-state index contributed by atoms with van der Waals surface area (Å²) in [5.41, 5.74) is 2.06. The maximum atomic E-state index is 14.5. The highest BCUT2D eigenvalue weighted by molar-refractivity contribution is 5.95. The summed E-state index contributed by atoms with van der Waals surface area (Å²) in [6.45, 7) is 5.36. The van der Waals surface area contributed by atoms with Crippen LogP contribution in [0.15, 0.2) is 48.5 Å². The van der Waals surface area contributed by atoms with Crippen LogP contribution >= 0.6 is 0 Å². The van der Waals surface area contributed by atoms with Gasteiger partial charge in [0.25, 0.3) is 0 Å². The third-order valence-corrected chi connectivity index (χ3v) is 6.50. The first kappa shape index (κ1) is 21.6. The second-order valence-corrected chi connectivity index (χ2v) is 8.70. The molecule has 0 atom stereocenters. The zero-order valence-corrected chi connectivity index (χ0v) is 18.7. The number of anilines is 2. The van der Waals surface area contributed by atoms with Crippen LogP contribution in [0.2, 0.25) is 0 Å². The van der Waals surface area contributed by atoms with Gasteiger partial charge in [0.05, 0.1) is 6.61 Å². The fraction of sp³-hybridized carbons (Fsp3) is 0.385. The monoisotopic (exact) mass is 448 g/mol. The van der Waals surface area contributed by atoms with Gasteiger partial charge in [-0.2, -0.15) is 4.98 Å². The Morgan fingerprint density at radius 3 is 2.64 bits per heavy atom. The molecule has 33 heavy (non-hydrogen) atoms. The highest BCUT2D eigenvalue weighted by atomic mass is 19.1. The lowest BCUT2D eigenvalue weighted by Crippen LogP contribution is -2.46. The van der Waals surface area contributed by atoms with Gasteiger partial charge in [0.15, 0.2) is 0 Å². The Bertz CT molecular complexity index is 1140. The number of aromatic nitrogens is 1. The number of carbonyl (C=O) groups is 1. The standard InChI is InChI=1S/C26H29FN4O2/c27-21-7-3-5-19-6-4-8-22(25(19)21)31-16-14-30(15-17-31)13-1-2-18-33-24-12-10-20-9-11-23(32)28-26(20)29-24/h3-8,10,12H,1-2,9,11,13-18H2,(H,28,29,32). The molecule has 0 radical (unpaired) electrons. The average molecular weight is 449 g/mol. The molecule has 0 bridgehead atoms. The highest BCUT2D eigenvalue weighted by Gasteiger charge is 2.20. The first-order valence-corrected chi connectivity index (χ1v) is 11.7. The van der Waals surface area contributed by atoms with Crippen LogP contribution in [0.1, 0.15) is 24.8 Å². The summed E-state index contributed by atoms with van der Waals surface area (Å²) in [7, 11) is 0. The van der Waals surface area contributed by atoms with Gasteiger partial charge >= 0.3 is 0 Å². The van der Waals surface area contributed by atoms with E-state index in [1.54, 1.807) is 12.1 Å². The SMILES string of the molecule is O=C1CCc2ccc(OCCCCN3CCN(c4cccc5cccc(F)c45)CC3)nc2N1. The van der Waals surface area contributed by atoms with Crippen LogP contribution < -0.4 is 15.0 Å². The highest BCUT2D eigenvalue weighted by Crippen LogP contribution is 2.30. The van der Waals surface area contributed by atoms with Gasteiger partial charge in [-0.1, -0.05) is 24.3 Å². The quantitative estimate of drug-likeness (QED) is 0.548. The first-order chi connectivity index (χ1) is 16.2. The van der Waals surface area contributed by atoms with Crippen molar-refractivity contribution >= 4 is 28.2 Å². The zero-order chi connectivity index (χ0) is 22.6. The number of fused-ring (bicyclic) bond motifs is 2. The van der Waals surface area contributed by atoms with Gasteiger partial charge in [0.1, 0.15) is 11.6 Å². The van der Waals surface area contributed by atoms with E-state index in [9.17, 15) is 9.18 Å². The Hall–Kier alpha value is -3.19. The minimum atomic E-state index is -0.152. The van der Waals surface area contributed by atoms with Crippen LogP contribution in [-0.4, -0.2) is 55.1 Å². The number of nitrogens with one attached hydrogen (secondary N) is 1. The van der Waals surface area contributed by atoms with E-state index in [0.29, 0.717) is 24.7 Å². The van der Waals surface area contributed by atoms with Gasteiger partial charge in [0.2, 0.25) is 11.8 Å².